The molecule has 1 amide bonds. The molecule has 2 aromatic rings. The molecule has 2 rings (SSSR count). The third-order valence-corrected chi connectivity index (χ3v) is 4.97. The van der Waals surface area contributed by atoms with Gasteiger partial charge < -0.3 is 15.4 Å². The largest absolute Gasteiger partial charge is 0.496 e. The average Bonchev–Trinajstić information content (AvgIpc) is 2.65. The highest BCUT2D eigenvalue weighted by molar-refractivity contribution is 7.89. The van der Waals surface area contributed by atoms with Crippen LogP contribution >= 0.6 is 0 Å². The van der Waals surface area contributed by atoms with E-state index in [1.165, 1.54) is 12.1 Å². The molecule has 0 unspecified atom stereocenters. The topological polar surface area (TPSA) is 111 Å². The van der Waals surface area contributed by atoms with Crippen LogP contribution < -0.4 is 20.5 Å². The summed E-state index contributed by atoms with van der Waals surface area (Å²) in [7, 11) is -2.04. The predicted octanol–water partition coefficient (Wildman–Crippen LogP) is 0.834. The second-order valence-electron chi connectivity index (χ2n) is 6.03. The van der Waals surface area contributed by atoms with Crippen LogP contribution in [0.3, 0.4) is 0 Å². The first-order valence-electron chi connectivity index (χ1n) is 8.61. The van der Waals surface area contributed by atoms with Gasteiger partial charge in [-0.05, 0) is 48.7 Å². The number of ether oxygens (including phenoxy) is 1. The lowest BCUT2D eigenvalue weighted by molar-refractivity contribution is -0.120. The Kier molecular flexibility index (Phi) is 7.78. The zero-order valence-electron chi connectivity index (χ0n) is 15.3. The minimum Gasteiger partial charge on any atom is -0.496 e. The van der Waals surface area contributed by atoms with E-state index >= 15 is 0 Å². The Hall–Kier alpha value is -2.42. The summed E-state index contributed by atoms with van der Waals surface area (Å²) in [6, 6.07) is 14.1. The number of para-hydroxylation sites is 1. The summed E-state index contributed by atoms with van der Waals surface area (Å²) in [6.45, 7) is 1.38. The van der Waals surface area contributed by atoms with Crippen molar-refractivity contribution in [2.45, 2.75) is 17.7 Å². The maximum Gasteiger partial charge on any atom is 0.238 e. The van der Waals surface area contributed by atoms with Crippen molar-refractivity contribution in [2.24, 2.45) is 5.14 Å². The minimum atomic E-state index is -3.68. The van der Waals surface area contributed by atoms with Gasteiger partial charge in [0.15, 0.2) is 0 Å². The van der Waals surface area contributed by atoms with Crippen molar-refractivity contribution in [2.75, 3.05) is 26.7 Å². The van der Waals surface area contributed by atoms with Crippen LogP contribution in [0.25, 0.3) is 0 Å². The lowest BCUT2D eigenvalue weighted by atomic mass is 10.1. The number of amides is 1. The number of methoxy groups -OCH3 is 1. The molecule has 0 spiro atoms. The molecule has 2 aromatic carbocycles. The second kappa shape index (κ2) is 10.1. The molecule has 0 atom stereocenters. The third-order valence-electron chi connectivity index (χ3n) is 4.04. The SMILES string of the molecule is COc1ccccc1CCNCC(=O)NCCc1ccc(S(N)(=O)=O)cc1. The summed E-state index contributed by atoms with van der Waals surface area (Å²) in [6.07, 6.45) is 1.38. The molecule has 146 valence electrons. The van der Waals surface area contributed by atoms with Gasteiger partial charge in [0, 0.05) is 6.54 Å². The molecule has 0 saturated heterocycles. The standard InChI is InChI=1S/C19H25N3O4S/c1-26-18-5-3-2-4-16(18)11-12-21-14-19(23)22-13-10-15-6-8-17(9-7-15)27(20,24)25/h2-9,21H,10-14H2,1H3,(H,22,23)(H2,20,24,25). The molecule has 0 bridgehead atoms. The number of benzene rings is 2. The summed E-state index contributed by atoms with van der Waals surface area (Å²) < 4.78 is 27.7. The van der Waals surface area contributed by atoms with Gasteiger partial charge in [-0.1, -0.05) is 30.3 Å². The molecule has 0 heterocycles. The fraction of sp³-hybridized carbons (Fsp3) is 0.316. The van der Waals surface area contributed by atoms with Gasteiger partial charge in [0.1, 0.15) is 5.75 Å². The Labute approximate surface area is 160 Å². The zero-order valence-corrected chi connectivity index (χ0v) is 16.1. The number of rotatable bonds is 10. The molecule has 0 fully saturated rings. The van der Waals surface area contributed by atoms with Crippen LogP contribution in [0, 0.1) is 0 Å². The summed E-state index contributed by atoms with van der Waals surface area (Å²) >= 11 is 0. The van der Waals surface area contributed by atoms with Crippen molar-refractivity contribution >= 4 is 15.9 Å². The lowest BCUT2D eigenvalue weighted by Gasteiger charge is -2.09. The van der Waals surface area contributed by atoms with Crippen LogP contribution in [0.1, 0.15) is 11.1 Å². The lowest BCUT2D eigenvalue weighted by Crippen LogP contribution is -2.35. The maximum atomic E-state index is 11.9. The van der Waals surface area contributed by atoms with Gasteiger partial charge in [-0.25, -0.2) is 13.6 Å². The second-order valence-corrected chi connectivity index (χ2v) is 7.59. The van der Waals surface area contributed by atoms with Crippen molar-refractivity contribution in [3.63, 3.8) is 0 Å². The average molecular weight is 391 g/mol. The number of carbonyl (C=O) groups excluding carboxylic acids is 1. The quantitative estimate of drug-likeness (QED) is 0.520. The van der Waals surface area contributed by atoms with Crippen LogP contribution in [0.2, 0.25) is 0 Å². The number of nitrogens with two attached hydrogens (primary N) is 1. The molecule has 7 nitrogen and oxygen atoms in total. The first-order valence-corrected chi connectivity index (χ1v) is 10.2. The Morgan fingerprint density at radius 3 is 2.41 bits per heavy atom. The van der Waals surface area contributed by atoms with Crippen LogP contribution in [-0.4, -0.2) is 41.1 Å². The van der Waals surface area contributed by atoms with Crippen molar-refractivity contribution < 1.29 is 17.9 Å². The normalized spacial score (nSPS) is 11.2. The van der Waals surface area contributed by atoms with E-state index in [2.05, 4.69) is 10.6 Å². The monoisotopic (exact) mass is 391 g/mol. The number of hydrogen-bond donors (Lipinski definition) is 3. The number of carbonyl (C=O) groups is 1. The molecule has 0 aliphatic heterocycles. The molecular weight excluding hydrogens is 366 g/mol. The van der Waals surface area contributed by atoms with E-state index in [-0.39, 0.29) is 17.3 Å². The fourth-order valence-corrected chi connectivity index (χ4v) is 3.10. The summed E-state index contributed by atoms with van der Waals surface area (Å²) in [4.78, 5) is 11.9. The van der Waals surface area contributed by atoms with E-state index in [4.69, 9.17) is 9.88 Å². The highest BCUT2D eigenvalue weighted by Crippen LogP contribution is 2.17. The Bertz CT molecular complexity index is 852. The van der Waals surface area contributed by atoms with Crippen molar-refractivity contribution in [3.8, 4) is 5.75 Å². The van der Waals surface area contributed by atoms with Crippen molar-refractivity contribution in [1.82, 2.24) is 10.6 Å². The molecule has 4 N–H and O–H groups in total. The van der Waals surface area contributed by atoms with Gasteiger partial charge in [0.2, 0.25) is 15.9 Å². The predicted molar refractivity (Wildman–Crippen MR) is 104 cm³/mol. The van der Waals surface area contributed by atoms with Crippen LogP contribution in [0.15, 0.2) is 53.4 Å². The first-order chi connectivity index (χ1) is 12.9. The summed E-state index contributed by atoms with van der Waals surface area (Å²) in [5.74, 6) is 0.758. The molecule has 0 aliphatic rings. The van der Waals surface area contributed by atoms with Crippen LogP contribution in [0.4, 0.5) is 0 Å². The van der Waals surface area contributed by atoms with Crippen molar-refractivity contribution in [1.29, 1.82) is 0 Å². The molecule has 0 aromatic heterocycles. The zero-order chi connectivity index (χ0) is 19.7. The fourth-order valence-electron chi connectivity index (χ4n) is 2.59. The van der Waals surface area contributed by atoms with Gasteiger partial charge in [-0.2, -0.15) is 0 Å². The van der Waals surface area contributed by atoms with E-state index in [0.29, 0.717) is 19.5 Å². The first kappa shape index (κ1) is 20.9. The Morgan fingerprint density at radius 2 is 1.74 bits per heavy atom. The molecule has 0 radical (unpaired) electrons. The highest BCUT2D eigenvalue weighted by Gasteiger charge is 2.07. The van der Waals surface area contributed by atoms with E-state index in [1.54, 1.807) is 19.2 Å². The Balaban J connectivity index is 1.65. The molecule has 27 heavy (non-hydrogen) atoms. The van der Waals surface area contributed by atoms with Gasteiger partial charge in [-0.15, -0.1) is 0 Å². The van der Waals surface area contributed by atoms with E-state index in [9.17, 15) is 13.2 Å². The summed E-state index contributed by atoms with van der Waals surface area (Å²) in [5.41, 5.74) is 2.02. The van der Waals surface area contributed by atoms with Crippen molar-refractivity contribution in [3.05, 3.63) is 59.7 Å². The highest BCUT2D eigenvalue weighted by atomic mass is 32.2. The molecule has 8 heteroatoms. The van der Waals surface area contributed by atoms with E-state index in [1.807, 2.05) is 24.3 Å². The maximum absolute atomic E-state index is 11.9. The van der Waals surface area contributed by atoms with Crippen LogP contribution in [-0.2, 0) is 27.7 Å². The number of sulfonamides is 1. The molecular formula is C19H25N3O4S. The minimum absolute atomic E-state index is 0.0783. The van der Waals surface area contributed by atoms with Gasteiger partial charge in [0.25, 0.3) is 0 Å². The van der Waals surface area contributed by atoms with E-state index in [0.717, 1.165) is 23.3 Å². The van der Waals surface area contributed by atoms with E-state index < -0.39 is 10.0 Å². The number of nitrogens with one attached hydrogen (secondary N) is 2. The molecule has 0 saturated carbocycles. The Morgan fingerprint density at radius 1 is 1.04 bits per heavy atom. The smallest absolute Gasteiger partial charge is 0.238 e. The third kappa shape index (κ3) is 7.01. The van der Waals surface area contributed by atoms with Gasteiger partial charge in [-0.3, -0.25) is 4.79 Å². The van der Waals surface area contributed by atoms with Gasteiger partial charge in [0.05, 0.1) is 18.6 Å². The van der Waals surface area contributed by atoms with Crippen LogP contribution in [0.5, 0.6) is 5.75 Å². The molecule has 0 aliphatic carbocycles. The van der Waals surface area contributed by atoms with Gasteiger partial charge >= 0.3 is 0 Å². The summed E-state index contributed by atoms with van der Waals surface area (Å²) in [5, 5.41) is 11.0. The number of primary sulfonamides is 1. The number of hydrogen-bond acceptors (Lipinski definition) is 5.